The zero-order valence-electron chi connectivity index (χ0n) is 25.4. The second kappa shape index (κ2) is 16.1. The van der Waals surface area contributed by atoms with Gasteiger partial charge in [-0.15, -0.1) is 0 Å². The van der Waals surface area contributed by atoms with Gasteiger partial charge in [0.2, 0.25) is 0 Å². The van der Waals surface area contributed by atoms with Gasteiger partial charge in [0.05, 0.1) is 18.0 Å². The molecular formula is C36H61FO2. The summed E-state index contributed by atoms with van der Waals surface area (Å²) in [5, 5.41) is 20.4. The molecular weight excluding hydrogens is 483 g/mol. The number of unbranched alkanes of at least 4 members (excludes halogenated alkanes) is 18. The summed E-state index contributed by atoms with van der Waals surface area (Å²) in [6.45, 7) is 2.26. The Balaban J connectivity index is 0.866. The lowest BCUT2D eigenvalue weighted by Gasteiger charge is -2.53. The summed E-state index contributed by atoms with van der Waals surface area (Å²) in [5.41, 5.74) is 4.63. The third-order valence-corrected chi connectivity index (χ3v) is 11.1. The van der Waals surface area contributed by atoms with Gasteiger partial charge in [0, 0.05) is 5.41 Å². The molecule has 4 unspecified atom stereocenters. The number of rotatable bonds is 27. The first-order valence-electron chi connectivity index (χ1n) is 17.5. The third-order valence-electron chi connectivity index (χ3n) is 11.1. The van der Waals surface area contributed by atoms with E-state index in [1.807, 2.05) is 11.1 Å². The van der Waals surface area contributed by atoms with Crippen LogP contribution in [-0.4, -0.2) is 22.4 Å². The largest absolute Gasteiger partial charge is 0.390 e. The minimum Gasteiger partial charge on any atom is -0.390 e. The minimum absolute atomic E-state index is 0.118. The fourth-order valence-electron chi connectivity index (χ4n) is 8.58. The van der Waals surface area contributed by atoms with Gasteiger partial charge in [-0.25, -0.2) is 4.39 Å². The van der Waals surface area contributed by atoms with Crippen LogP contribution in [0.1, 0.15) is 167 Å². The van der Waals surface area contributed by atoms with Crippen LogP contribution in [0, 0.1) is 23.2 Å². The number of hydrogen-bond acceptors (Lipinski definition) is 2. The molecule has 0 heterocycles. The Morgan fingerprint density at radius 2 is 1.31 bits per heavy atom. The standard InChI is InChI=1S/C36H61FO2/c1-2-3-4-5-6-7-8-9-10-14-17-20-23-31(38)32(39)25-24-28(37)22-19-16-13-11-12-15-18-21-26-36-30-27-29-33(30)35(36)34(29)36/h24,30-33,35,38-39H,2-23,25-27H2,1H3/b28-24+/t30?,31-,32+,33?,35?,36?/m1/s1. The highest BCUT2D eigenvalue weighted by Crippen LogP contribution is 2.96. The molecule has 0 aromatic rings. The molecule has 0 amide bonds. The summed E-state index contributed by atoms with van der Waals surface area (Å²) in [6.07, 6.45) is 29.7. The Morgan fingerprint density at radius 1 is 0.769 bits per heavy atom. The van der Waals surface area contributed by atoms with Gasteiger partial charge in [-0.05, 0) is 56.3 Å². The van der Waals surface area contributed by atoms with Crippen LogP contribution in [-0.2, 0) is 0 Å². The molecule has 0 spiro atoms. The lowest BCUT2D eigenvalue weighted by atomic mass is 9.51. The van der Waals surface area contributed by atoms with Crippen molar-refractivity contribution in [3.8, 4) is 0 Å². The van der Waals surface area contributed by atoms with Crippen LogP contribution in [0.5, 0.6) is 0 Å². The quantitative estimate of drug-likeness (QED) is 0.0797. The lowest BCUT2D eigenvalue weighted by molar-refractivity contribution is 0.0150. The summed E-state index contributed by atoms with van der Waals surface area (Å²) in [4.78, 5) is 0. The molecule has 0 saturated heterocycles. The van der Waals surface area contributed by atoms with Crippen LogP contribution in [0.2, 0.25) is 0 Å². The van der Waals surface area contributed by atoms with Gasteiger partial charge in [-0.1, -0.05) is 146 Å². The van der Waals surface area contributed by atoms with Gasteiger partial charge in [-0.2, -0.15) is 0 Å². The number of halogens is 1. The summed E-state index contributed by atoms with van der Waals surface area (Å²) < 4.78 is 14.2. The lowest BCUT2D eigenvalue weighted by Crippen LogP contribution is -2.47. The van der Waals surface area contributed by atoms with Crippen LogP contribution in [0.25, 0.3) is 0 Å². The average molecular weight is 545 g/mol. The fraction of sp³-hybridized carbons (Fsp3) is 0.889. The predicted octanol–water partition coefficient (Wildman–Crippen LogP) is 10.5. The summed E-state index contributed by atoms with van der Waals surface area (Å²) in [7, 11) is 0. The van der Waals surface area contributed by atoms with Crippen molar-refractivity contribution in [1.82, 2.24) is 0 Å². The second-order valence-electron chi connectivity index (χ2n) is 13.8. The van der Waals surface area contributed by atoms with Gasteiger partial charge in [0.15, 0.2) is 0 Å². The second-order valence-corrected chi connectivity index (χ2v) is 13.8. The van der Waals surface area contributed by atoms with E-state index in [9.17, 15) is 14.6 Å². The van der Waals surface area contributed by atoms with Crippen molar-refractivity contribution in [3.63, 3.8) is 0 Å². The molecule has 3 heteroatoms. The van der Waals surface area contributed by atoms with Crippen molar-refractivity contribution in [1.29, 1.82) is 0 Å². The highest BCUT2D eigenvalue weighted by molar-refractivity contribution is 5.69. The molecule has 6 atom stereocenters. The van der Waals surface area contributed by atoms with Gasteiger partial charge in [0.1, 0.15) is 0 Å². The van der Waals surface area contributed by atoms with Gasteiger partial charge in [-0.3, -0.25) is 0 Å². The third kappa shape index (κ3) is 8.00. The predicted molar refractivity (Wildman–Crippen MR) is 162 cm³/mol. The van der Waals surface area contributed by atoms with E-state index in [0.29, 0.717) is 12.8 Å². The first kappa shape index (κ1) is 31.3. The Morgan fingerprint density at radius 3 is 1.82 bits per heavy atom. The molecule has 4 rings (SSSR count). The summed E-state index contributed by atoms with van der Waals surface area (Å²) in [6, 6.07) is 0. The van der Waals surface area contributed by atoms with Gasteiger partial charge >= 0.3 is 0 Å². The van der Waals surface area contributed by atoms with Gasteiger partial charge in [0.25, 0.3) is 0 Å². The van der Waals surface area contributed by atoms with Crippen molar-refractivity contribution in [2.75, 3.05) is 0 Å². The van der Waals surface area contributed by atoms with Crippen LogP contribution in [0.15, 0.2) is 23.0 Å². The van der Waals surface area contributed by atoms with E-state index >= 15 is 0 Å². The van der Waals surface area contributed by atoms with E-state index in [1.165, 1.54) is 122 Å². The average Bonchev–Trinajstić information content (AvgIpc) is 3.15. The van der Waals surface area contributed by atoms with Crippen LogP contribution < -0.4 is 0 Å². The van der Waals surface area contributed by atoms with E-state index in [4.69, 9.17) is 0 Å². The van der Waals surface area contributed by atoms with Crippen molar-refractivity contribution >= 4 is 0 Å². The first-order valence-corrected chi connectivity index (χ1v) is 17.5. The van der Waals surface area contributed by atoms with E-state index in [-0.39, 0.29) is 12.2 Å². The highest BCUT2D eigenvalue weighted by atomic mass is 19.1. The Bertz CT molecular complexity index is 787. The van der Waals surface area contributed by atoms with E-state index < -0.39 is 12.2 Å². The molecule has 2 N–H and O–H groups in total. The number of fused-ring (bicyclic) bond motifs is 2. The summed E-state index contributed by atoms with van der Waals surface area (Å²) in [5.74, 6) is 3.19. The molecule has 4 aliphatic carbocycles. The monoisotopic (exact) mass is 544 g/mol. The SMILES string of the molecule is CCCCCCCCCCCCCC[C@@H](O)[C@@H](O)C/C=C(/F)CCCCCCCCCCC12C3=C4CC1C4C32. The van der Waals surface area contributed by atoms with E-state index in [0.717, 1.165) is 48.9 Å². The normalized spacial score (nSPS) is 27.5. The molecule has 0 aromatic carbocycles. The molecule has 4 aliphatic rings. The van der Waals surface area contributed by atoms with Gasteiger partial charge < -0.3 is 10.2 Å². The molecule has 3 fully saturated rings. The van der Waals surface area contributed by atoms with E-state index in [2.05, 4.69) is 6.92 Å². The zero-order chi connectivity index (χ0) is 27.5. The van der Waals surface area contributed by atoms with Crippen molar-refractivity contribution in [3.05, 3.63) is 23.0 Å². The molecule has 39 heavy (non-hydrogen) atoms. The fourth-order valence-corrected chi connectivity index (χ4v) is 8.58. The number of aliphatic hydroxyl groups excluding tert-OH is 2. The number of aliphatic hydroxyl groups is 2. The molecule has 3 saturated carbocycles. The number of allylic oxidation sites excluding steroid dienone is 3. The molecule has 2 nitrogen and oxygen atoms in total. The maximum absolute atomic E-state index is 14.2. The zero-order valence-corrected chi connectivity index (χ0v) is 25.4. The van der Waals surface area contributed by atoms with Crippen molar-refractivity contribution in [2.45, 2.75) is 180 Å². The van der Waals surface area contributed by atoms with Crippen LogP contribution >= 0.6 is 0 Å². The van der Waals surface area contributed by atoms with Crippen LogP contribution in [0.4, 0.5) is 4.39 Å². The molecule has 0 aliphatic heterocycles. The number of hydrogen-bond donors (Lipinski definition) is 2. The molecule has 0 bridgehead atoms. The Labute approximate surface area is 240 Å². The van der Waals surface area contributed by atoms with Crippen LogP contribution in [0.3, 0.4) is 0 Å². The maximum Gasteiger partial charge on any atom is 0.0960 e. The maximum atomic E-state index is 14.2. The van der Waals surface area contributed by atoms with E-state index in [1.54, 1.807) is 0 Å². The summed E-state index contributed by atoms with van der Waals surface area (Å²) >= 11 is 0. The Hall–Kier alpha value is -0.670. The first-order chi connectivity index (χ1) is 19.1. The van der Waals surface area contributed by atoms with Crippen molar-refractivity contribution in [2.24, 2.45) is 23.2 Å². The molecule has 224 valence electrons. The topological polar surface area (TPSA) is 40.5 Å². The minimum atomic E-state index is -0.841. The Kier molecular flexibility index (Phi) is 12.9. The van der Waals surface area contributed by atoms with Crippen molar-refractivity contribution < 1.29 is 14.6 Å². The molecule has 0 aromatic heterocycles. The molecule has 0 radical (unpaired) electrons. The highest BCUT2D eigenvalue weighted by Gasteiger charge is 2.89. The smallest absolute Gasteiger partial charge is 0.0960 e.